The van der Waals surface area contributed by atoms with Crippen LogP contribution in [0.25, 0.3) is 0 Å². The molecule has 0 aliphatic carbocycles. The smallest absolute Gasteiger partial charge is 0.257 e. The van der Waals surface area contributed by atoms with Gasteiger partial charge in [-0.25, -0.2) is 0 Å². The van der Waals surface area contributed by atoms with Crippen molar-refractivity contribution in [2.24, 2.45) is 0 Å². The number of anilines is 1. The molecule has 0 saturated carbocycles. The number of hydrogen-bond acceptors (Lipinski definition) is 4. The first kappa shape index (κ1) is 21.8. The molecule has 6 heteroatoms. The molecule has 0 heterocycles. The summed E-state index contributed by atoms with van der Waals surface area (Å²) < 4.78 is 5.44. The number of hydrogen-bond donors (Lipinski definition) is 2. The summed E-state index contributed by atoms with van der Waals surface area (Å²) in [4.78, 5) is 24.8. The van der Waals surface area contributed by atoms with Gasteiger partial charge in [-0.05, 0) is 42.2 Å². The number of carbonyl (C=O) groups excluding carboxylic acids is 2. The largest absolute Gasteiger partial charge is 0.484 e. The molecule has 2 amide bonds. The fourth-order valence-corrected chi connectivity index (χ4v) is 3.16. The normalized spacial score (nSPS) is 11.0. The average molecular weight is 401 g/mol. The van der Waals surface area contributed by atoms with Gasteiger partial charge in [0.05, 0.1) is 5.75 Å². The Kier molecular flexibility index (Phi) is 7.93. The predicted octanol–water partition coefficient (Wildman–Crippen LogP) is 4.23. The SMILES string of the molecule is CCNC(=O)COc1cccc(NC(=O)CSc2ccc(C(C)(C)C)cc2)c1. The summed E-state index contributed by atoms with van der Waals surface area (Å²) in [7, 11) is 0. The van der Waals surface area contributed by atoms with Crippen molar-refractivity contribution in [3.05, 3.63) is 54.1 Å². The zero-order valence-corrected chi connectivity index (χ0v) is 17.7. The third-order valence-corrected chi connectivity index (χ3v) is 4.96. The lowest BCUT2D eigenvalue weighted by molar-refractivity contribution is -0.123. The fourth-order valence-electron chi connectivity index (χ4n) is 2.46. The number of rotatable bonds is 8. The average Bonchev–Trinajstić information content (AvgIpc) is 2.65. The van der Waals surface area contributed by atoms with Gasteiger partial charge in [0.15, 0.2) is 6.61 Å². The van der Waals surface area contributed by atoms with Crippen LogP contribution in [0, 0.1) is 0 Å². The molecule has 0 aliphatic rings. The van der Waals surface area contributed by atoms with Gasteiger partial charge in [-0.3, -0.25) is 9.59 Å². The summed E-state index contributed by atoms with van der Waals surface area (Å²) in [6.07, 6.45) is 0. The molecular formula is C22H28N2O3S. The number of likely N-dealkylation sites (N-methyl/N-ethyl adjacent to an activating group) is 1. The number of ether oxygens (including phenoxy) is 1. The predicted molar refractivity (Wildman–Crippen MR) is 115 cm³/mol. The van der Waals surface area contributed by atoms with E-state index < -0.39 is 0 Å². The maximum atomic E-state index is 12.2. The van der Waals surface area contributed by atoms with Crippen molar-refractivity contribution in [3.63, 3.8) is 0 Å². The van der Waals surface area contributed by atoms with E-state index in [1.807, 2.05) is 19.1 Å². The Morgan fingerprint density at radius 1 is 1.04 bits per heavy atom. The van der Waals surface area contributed by atoms with Crippen molar-refractivity contribution in [1.29, 1.82) is 0 Å². The fraction of sp³-hybridized carbons (Fsp3) is 0.364. The van der Waals surface area contributed by atoms with E-state index in [1.54, 1.807) is 24.3 Å². The highest BCUT2D eigenvalue weighted by atomic mass is 32.2. The first-order chi connectivity index (χ1) is 13.3. The molecule has 0 aliphatic heterocycles. The van der Waals surface area contributed by atoms with E-state index >= 15 is 0 Å². The lowest BCUT2D eigenvalue weighted by Gasteiger charge is -2.19. The topological polar surface area (TPSA) is 67.4 Å². The zero-order chi connectivity index (χ0) is 20.6. The van der Waals surface area contributed by atoms with Crippen LogP contribution in [0.15, 0.2) is 53.4 Å². The lowest BCUT2D eigenvalue weighted by atomic mass is 9.87. The van der Waals surface area contributed by atoms with E-state index in [0.717, 1.165) is 4.90 Å². The maximum absolute atomic E-state index is 12.2. The molecule has 0 fully saturated rings. The molecule has 150 valence electrons. The Hall–Kier alpha value is -2.47. The van der Waals surface area contributed by atoms with Crippen molar-refractivity contribution in [2.45, 2.75) is 38.0 Å². The molecule has 2 aromatic carbocycles. The Labute approximate surface area is 171 Å². The molecule has 0 bridgehead atoms. The lowest BCUT2D eigenvalue weighted by Crippen LogP contribution is -2.28. The van der Waals surface area contributed by atoms with Gasteiger partial charge in [-0.15, -0.1) is 11.8 Å². The van der Waals surface area contributed by atoms with Crippen LogP contribution in [0.4, 0.5) is 5.69 Å². The van der Waals surface area contributed by atoms with Crippen LogP contribution in [-0.2, 0) is 15.0 Å². The van der Waals surface area contributed by atoms with E-state index in [4.69, 9.17) is 4.74 Å². The Bertz CT molecular complexity index is 798. The van der Waals surface area contributed by atoms with Gasteiger partial charge in [0.1, 0.15) is 5.75 Å². The number of benzene rings is 2. The van der Waals surface area contributed by atoms with E-state index in [-0.39, 0.29) is 23.8 Å². The minimum atomic E-state index is -0.175. The highest BCUT2D eigenvalue weighted by molar-refractivity contribution is 8.00. The minimum absolute atomic E-state index is 0.0499. The molecule has 0 saturated heterocycles. The maximum Gasteiger partial charge on any atom is 0.257 e. The van der Waals surface area contributed by atoms with Crippen molar-refractivity contribution in [3.8, 4) is 5.75 Å². The van der Waals surface area contributed by atoms with Crippen LogP contribution < -0.4 is 15.4 Å². The third-order valence-electron chi connectivity index (χ3n) is 3.95. The summed E-state index contributed by atoms with van der Waals surface area (Å²) in [5.74, 6) is 0.588. The molecule has 0 radical (unpaired) electrons. The molecule has 2 N–H and O–H groups in total. The van der Waals surface area contributed by atoms with Gasteiger partial charge in [0, 0.05) is 23.2 Å². The van der Waals surface area contributed by atoms with Crippen LogP contribution in [0.1, 0.15) is 33.3 Å². The molecule has 0 aromatic heterocycles. The van der Waals surface area contributed by atoms with Crippen LogP contribution in [-0.4, -0.2) is 30.7 Å². The summed E-state index contributed by atoms with van der Waals surface area (Å²) in [5, 5.41) is 5.53. The molecular weight excluding hydrogens is 372 g/mol. The first-order valence-electron chi connectivity index (χ1n) is 9.30. The number of thioether (sulfide) groups is 1. The minimum Gasteiger partial charge on any atom is -0.484 e. The number of nitrogens with one attached hydrogen (secondary N) is 2. The van der Waals surface area contributed by atoms with Gasteiger partial charge in [-0.2, -0.15) is 0 Å². The summed E-state index contributed by atoms with van der Waals surface area (Å²) >= 11 is 1.49. The number of amides is 2. The van der Waals surface area contributed by atoms with Gasteiger partial charge in [0.25, 0.3) is 5.91 Å². The van der Waals surface area contributed by atoms with Crippen molar-refractivity contribution in [1.82, 2.24) is 5.32 Å². The summed E-state index contributed by atoms with van der Waals surface area (Å²) in [6, 6.07) is 15.3. The molecule has 0 unspecified atom stereocenters. The second-order valence-corrected chi connectivity index (χ2v) is 8.43. The Morgan fingerprint density at radius 2 is 1.75 bits per heavy atom. The second kappa shape index (κ2) is 10.2. The molecule has 5 nitrogen and oxygen atoms in total. The first-order valence-corrected chi connectivity index (χ1v) is 10.3. The Morgan fingerprint density at radius 3 is 2.39 bits per heavy atom. The third kappa shape index (κ3) is 7.27. The van der Waals surface area contributed by atoms with Crippen LogP contribution in [0.5, 0.6) is 5.75 Å². The van der Waals surface area contributed by atoms with E-state index in [1.165, 1.54) is 17.3 Å². The summed E-state index contributed by atoms with van der Waals surface area (Å²) in [5.41, 5.74) is 2.03. The molecule has 2 rings (SSSR count). The quantitative estimate of drug-likeness (QED) is 0.651. The molecule has 2 aromatic rings. The summed E-state index contributed by atoms with van der Waals surface area (Å²) in [6.45, 7) is 8.90. The van der Waals surface area contributed by atoms with Gasteiger partial charge >= 0.3 is 0 Å². The zero-order valence-electron chi connectivity index (χ0n) is 16.9. The Balaban J connectivity index is 1.84. The number of carbonyl (C=O) groups is 2. The highest BCUT2D eigenvalue weighted by Gasteiger charge is 2.13. The van der Waals surface area contributed by atoms with E-state index in [9.17, 15) is 9.59 Å². The molecule has 28 heavy (non-hydrogen) atoms. The van der Waals surface area contributed by atoms with Gasteiger partial charge in [0.2, 0.25) is 5.91 Å². The van der Waals surface area contributed by atoms with E-state index in [2.05, 4.69) is 43.5 Å². The second-order valence-electron chi connectivity index (χ2n) is 7.38. The van der Waals surface area contributed by atoms with Gasteiger partial charge in [-0.1, -0.05) is 39.0 Å². The molecule has 0 atom stereocenters. The molecule has 0 spiro atoms. The highest BCUT2D eigenvalue weighted by Crippen LogP contribution is 2.26. The standard InChI is InChI=1S/C22H28N2O3S/c1-5-23-20(25)14-27-18-8-6-7-17(13-18)24-21(26)15-28-19-11-9-16(10-12-19)22(2,3)4/h6-13H,5,14-15H2,1-4H3,(H,23,25)(H,24,26). The van der Waals surface area contributed by atoms with Crippen LogP contribution in [0.3, 0.4) is 0 Å². The van der Waals surface area contributed by atoms with E-state index in [0.29, 0.717) is 23.7 Å². The monoisotopic (exact) mass is 400 g/mol. The van der Waals surface area contributed by atoms with Crippen molar-refractivity contribution < 1.29 is 14.3 Å². The van der Waals surface area contributed by atoms with Crippen molar-refractivity contribution >= 4 is 29.3 Å². The van der Waals surface area contributed by atoms with Crippen LogP contribution >= 0.6 is 11.8 Å². The van der Waals surface area contributed by atoms with Crippen molar-refractivity contribution in [2.75, 3.05) is 24.2 Å². The van der Waals surface area contributed by atoms with Crippen LogP contribution in [0.2, 0.25) is 0 Å². The van der Waals surface area contributed by atoms with Gasteiger partial charge < -0.3 is 15.4 Å².